The largest absolute Gasteiger partial charge is 0.354 e. The van der Waals surface area contributed by atoms with Gasteiger partial charge >= 0.3 is 0 Å². The fraction of sp³-hybridized carbons (Fsp3) is 0.667. The number of thiocarbonyl (C=S) groups is 1. The second-order valence-electron chi connectivity index (χ2n) is 9.28. The number of rotatable bonds is 3. The molecule has 5 heteroatoms. The van der Waals surface area contributed by atoms with E-state index < -0.39 is 0 Å². The third-order valence-corrected chi connectivity index (χ3v) is 7.75. The lowest BCUT2D eigenvalue weighted by atomic mass is 9.57. The predicted molar refractivity (Wildman–Crippen MR) is 107 cm³/mol. The maximum atomic E-state index is 11.4. The standard InChI is InChI=1S/C21H28N2O2S/c1-13-7-15-9-16(8-13)11-21(3,10-15)14(2)22-12-18-17(20(22)26)5-4-6-19(18)23(24)25/h4-6,13-16H,7-12H2,1-3H3. The molecule has 0 radical (unpaired) electrons. The molecule has 2 bridgehead atoms. The molecule has 1 aliphatic heterocycles. The van der Waals surface area contributed by atoms with Gasteiger partial charge in [-0.15, -0.1) is 0 Å². The van der Waals surface area contributed by atoms with Crippen LogP contribution in [0, 0.1) is 33.3 Å². The number of fused-ring (bicyclic) bond motifs is 3. The van der Waals surface area contributed by atoms with Gasteiger partial charge in [0.25, 0.3) is 5.69 Å². The van der Waals surface area contributed by atoms with Crippen molar-refractivity contribution in [2.75, 3.05) is 0 Å². The van der Waals surface area contributed by atoms with Gasteiger partial charge < -0.3 is 4.90 Å². The fourth-order valence-electron chi connectivity index (χ4n) is 6.17. The van der Waals surface area contributed by atoms with Crippen molar-refractivity contribution in [2.24, 2.45) is 23.2 Å². The van der Waals surface area contributed by atoms with Crippen LogP contribution in [-0.4, -0.2) is 20.9 Å². The maximum Gasteiger partial charge on any atom is 0.275 e. The summed E-state index contributed by atoms with van der Waals surface area (Å²) in [6, 6.07) is 5.60. The topological polar surface area (TPSA) is 46.4 Å². The molecule has 26 heavy (non-hydrogen) atoms. The van der Waals surface area contributed by atoms with Gasteiger partial charge in [0.2, 0.25) is 0 Å². The zero-order chi connectivity index (χ0) is 18.6. The van der Waals surface area contributed by atoms with Crippen LogP contribution in [0.15, 0.2) is 18.2 Å². The Morgan fingerprint density at radius 3 is 2.54 bits per heavy atom. The normalized spacial score (nSPS) is 34.5. The van der Waals surface area contributed by atoms with Crippen LogP contribution in [0.3, 0.4) is 0 Å². The maximum absolute atomic E-state index is 11.4. The molecule has 1 aromatic carbocycles. The Labute approximate surface area is 161 Å². The Hall–Kier alpha value is -1.49. The van der Waals surface area contributed by atoms with Crippen LogP contribution in [0.25, 0.3) is 0 Å². The van der Waals surface area contributed by atoms with E-state index in [2.05, 4.69) is 25.7 Å². The van der Waals surface area contributed by atoms with E-state index in [-0.39, 0.29) is 16.0 Å². The minimum absolute atomic E-state index is 0.207. The molecule has 0 saturated heterocycles. The number of hydrogen-bond donors (Lipinski definition) is 0. The number of nitrogens with zero attached hydrogens (tertiary/aromatic N) is 2. The predicted octanol–water partition coefficient (Wildman–Crippen LogP) is 5.33. The van der Waals surface area contributed by atoms with Crippen LogP contribution in [0.1, 0.15) is 64.0 Å². The summed E-state index contributed by atoms with van der Waals surface area (Å²) in [7, 11) is 0. The summed E-state index contributed by atoms with van der Waals surface area (Å²) in [5.41, 5.74) is 2.12. The molecule has 1 aromatic rings. The zero-order valence-electron chi connectivity index (χ0n) is 15.9. The molecule has 3 atom stereocenters. The quantitative estimate of drug-likeness (QED) is 0.409. The lowest BCUT2D eigenvalue weighted by Crippen LogP contribution is -2.49. The van der Waals surface area contributed by atoms with Crippen LogP contribution < -0.4 is 0 Å². The highest BCUT2D eigenvalue weighted by molar-refractivity contribution is 7.80. The minimum atomic E-state index is -0.274. The molecule has 1 heterocycles. The Morgan fingerprint density at radius 2 is 1.92 bits per heavy atom. The molecule has 0 amide bonds. The Bertz CT molecular complexity index is 744. The number of nitro groups is 1. The van der Waals surface area contributed by atoms with Gasteiger partial charge in [0.1, 0.15) is 4.99 Å². The van der Waals surface area contributed by atoms with Crippen molar-refractivity contribution in [3.8, 4) is 0 Å². The summed E-state index contributed by atoms with van der Waals surface area (Å²) in [6.07, 6.45) is 6.62. The van der Waals surface area contributed by atoms with Gasteiger partial charge in [0.05, 0.1) is 17.0 Å². The van der Waals surface area contributed by atoms with Gasteiger partial charge in [0, 0.05) is 17.7 Å². The first kappa shape index (κ1) is 17.9. The first-order chi connectivity index (χ1) is 12.3. The molecule has 2 fully saturated rings. The van der Waals surface area contributed by atoms with E-state index >= 15 is 0 Å². The minimum Gasteiger partial charge on any atom is -0.354 e. The van der Waals surface area contributed by atoms with Crippen molar-refractivity contribution in [1.82, 2.24) is 4.90 Å². The Balaban J connectivity index is 1.59. The SMILES string of the molecule is CC1CC2CC(C1)CC(C)(C(C)N1Cc3c(cccc3[N+](=O)[O-])C1=S)C2. The van der Waals surface area contributed by atoms with Crippen molar-refractivity contribution in [3.05, 3.63) is 39.4 Å². The van der Waals surface area contributed by atoms with Crippen LogP contribution >= 0.6 is 12.2 Å². The molecule has 4 rings (SSSR count). The Kier molecular flexibility index (Phi) is 4.33. The highest BCUT2D eigenvalue weighted by Gasteiger charge is 2.47. The average Bonchev–Trinajstić information content (AvgIpc) is 2.89. The molecule has 0 aromatic heterocycles. The molecule has 3 aliphatic rings. The molecule has 2 saturated carbocycles. The fourth-order valence-corrected chi connectivity index (χ4v) is 6.59. The van der Waals surface area contributed by atoms with Crippen molar-refractivity contribution in [2.45, 2.75) is 65.5 Å². The van der Waals surface area contributed by atoms with Crippen molar-refractivity contribution < 1.29 is 4.92 Å². The van der Waals surface area contributed by atoms with E-state index in [1.165, 1.54) is 32.1 Å². The molecule has 0 N–H and O–H groups in total. The molecular formula is C21H28N2O2S. The smallest absolute Gasteiger partial charge is 0.275 e. The van der Waals surface area contributed by atoms with Crippen LogP contribution in [0.4, 0.5) is 5.69 Å². The molecule has 140 valence electrons. The second kappa shape index (κ2) is 6.29. The number of nitro benzene ring substituents is 1. The van der Waals surface area contributed by atoms with Crippen molar-refractivity contribution in [1.29, 1.82) is 0 Å². The van der Waals surface area contributed by atoms with Gasteiger partial charge in [-0.05, 0) is 62.2 Å². The lowest BCUT2D eigenvalue weighted by Gasteiger charge is -2.52. The van der Waals surface area contributed by atoms with Gasteiger partial charge in [-0.3, -0.25) is 10.1 Å². The summed E-state index contributed by atoms with van der Waals surface area (Å²) >= 11 is 5.76. The van der Waals surface area contributed by atoms with Gasteiger partial charge in [0.15, 0.2) is 0 Å². The molecule has 4 nitrogen and oxygen atoms in total. The van der Waals surface area contributed by atoms with E-state index in [9.17, 15) is 10.1 Å². The first-order valence-electron chi connectivity index (χ1n) is 9.85. The van der Waals surface area contributed by atoms with E-state index in [4.69, 9.17) is 12.2 Å². The zero-order valence-corrected chi connectivity index (χ0v) is 16.7. The van der Waals surface area contributed by atoms with Gasteiger partial charge in [-0.2, -0.15) is 0 Å². The highest BCUT2D eigenvalue weighted by atomic mass is 32.1. The van der Waals surface area contributed by atoms with Gasteiger partial charge in [-0.1, -0.05) is 38.2 Å². The van der Waals surface area contributed by atoms with Crippen LogP contribution in [-0.2, 0) is 6.54 Å². The molecule has 2 aliphatic carbocycles. The van der Waals surface area contributed by atoms with E-state index in [1.54, 1.807) is 12.1 Å². The van der Waals surface area contributed by atoms with Crippen LogP contribution in [0.5, 0.6) is 0 Å². The van der Waals surface area contributed by atoms with Gasteiger partial charge in [-0.25, -0.2) is 0 Å². The van der Waals surface area contributed by atoms with Crippen molar-refractivity contribution >= 4 is 22.9 Å². The first-order valence-corrected chi connectivity index (χ1v) is 10.3. The number of hydrogen-bond acceptors (Lipinski definition) is 3. The Morgan fingerprint density at radius 1 is 1.27 bits per heavy atom. The summed E-state index contributed by atoms with van der Waals surface area (Å²) in [6.45, 7) is 7.69. The summed E-state index contributed by atoms with van der Waals surface area (Å²) in [5, 5.41) is 11.4. The van der Waals surface area contributed by atoms with E-state index in [1.807, 2.05) is 6.07 Å². The summed E-state index contributed by atoms with van der Waals surface area (Å²) < 4.78 is 0. The molecule has 0 spiro atoms. The third kappa shape index (κ3) is 2.84. The van der Waals surface area contributed by atoms with E-state index in [0.29, 0.717) is 12.6 Å². The number of benzene rings is 1. The van der Waals surface area contributed by atoms with Crippen LogP contribution in [0.2, 0.25) is 0 Å². The average molecular weight is 373 g/mol. The monoisotopic (exact) mass is 372 g/mol. The van der Waals surface area contributed by atoms with E-state index in [0.717, 1.165) is 33.9 Å². The summed E-state index contributed by atoms with van der Waals surface area (Å²) in [5.74, 6) is 2.52. The lowest BCUT2D eigenvalue weighted by molar-refractivity contribution is -0.385. The molecule has 3 unspecified atom stereocenters. The second-order valence-corrected chi connectivity index (χ2v) is 9.66. The van der Waals surface area contributed by atoms with Crippen molar-refractivity contribution in [3.63, 3.8) is 0 Å². The third-order valence-electron chi connectivity index (χ3n) is 7.29. The highest BCUT2D eigenvalue weighted by Crippen LogP contribution is 2.53. The summed E-state index contributed by atoms with van der Waals surface area (Å²) in [4.78, 5) is 14.2. The molecular weight excluding hydrogens is 344 g/mol.